The molecular formula is C12H10N2. The van der Waals surface area contributed by atoms with E-state index in [4.69, 9.17) is 5.73 Å². The van der Waals surface area contributed by atoms with Crippen LogP contribution in [-0.2, 0) is 0 Å². The average molecular weight is 182 g/mol. The number of nitrogens with one attached hydrogen (secondary N) is 1. The van der Waals surface area contributed by atoms with Crippen molar-refractivity contribution in [3.63, 3.8) is 0 Å². The van der Waals surface area contributed by atoms with Crippen molar-refractivity contribution in [1.29, 1.82) is 0 Å². The van der Waals surface area contributed by atoms with Gasteiger partial charge in [-0.2, -0.15) is 0 Å². The second-order valence-corrected chi connectivity index (χ2v) is 3.48. The molecule has 0 atom stereocenters. The van der Waals surface area contributed by atoms with Crippen LogP contribution in [0.15, 0.2) is 42.5 Å². The zero-order valence-corrected chi connectivity index (χ0v) is 7.62. The predicted octanol–water partition coefficient (Wildman–Crippen LogP) is 2.90. The summed E-state index contributed by atoms with van der Waals surface area (Å²) >= 11 is 0. The summed E-state index contributed by atoms with van der Waals surface area (Å²) in [7, 11) is 0. The van der Waals surface area contributed by atoms with Gasteiger partial charge in [0, 0.05) is 10.8 Å². The van der Waals surface area contributed by atoms with Crippen molar-refractivity contribution in [2.75, 3.05) is 5.73 Å². The predicted molar refractivity (Wildman–Crippen MR) is 60.2 cm³/mol. The number of nitrogens with two attached hydrogens (primary N) is 1. The van der Waals surface area contributed by atoms with E-state index < -0.39 is 0 Å². The molecule has 3 rings (SSSR count). The number of rotatable bonds is 0. The van der Waals surface area contributed by atoms with Crippen LogP contribution in [0.1, 0.15) is 0 Å². The molecule has 0 radical (unpaired) electrons. The van der Waals surface area contributed by atoms with Gasteiger partial charge in [-0.3, -0.25) is 0 Å². The quantitative estimate of drug-likeness (QED) is 0.551. The van der Waals surface area contributed by atoms with E-state index in [1.807, 2.05) is 18.2 Å². The van der Waals surface area contributed by atoms with Gasteiger partial charge in [-0.25, -0.2) is 0 Å². The number of aromatic nitrogens is 1. The molecule has 0 spiro atoms. The largest absolute Gasteiger partial charge is 0.385 e. The number of H-pyrrole nitrogens is 1. The molecular weight excluding hydrogens is 172 g/mol. The highest BCUT2D eigenvalue weighted by atomic mass is 14.8. The molecule has 0 saturated carbocycles. The topological polar surface area (TPSA) is 41.8 Å². The van der Waals surface area contributed by atoms with Crippen LogP contribution in [0.3, 0.4) is 0 Å². The molecule has 1 heterocycles. The lowest BCUT2D eigenvalue weighted by Crippen LogP contribution is -1.81. The smallest absolute Gasteiger partial charge is 0.101 e. The Morgan fingerprint density at radius 3 is 2.64 bits per heavy atom. The van der Waals surface area contributed by atoms with E-state index in [0.717, 1.165) is 11.3 Å². The van der Waals surface area contributed by atoms with Gasteiger partial charge in [0.1, 0.15) is 5.82 Å². The summed E-state index contributed by atoms with van der Waals surface area (Å²) in [5.41, 5.74) is 6.85. The van der Waals surface area contributed by atoms with Gasteiger partial charge < -0.3 is 10.7 Å². The van der Waals surface area contributed by atoms with Crippen molar-refractivity contribution in [1.82, 2.24) is 4.98 Å². The molecule has 3 aromatic rings. The highest BCUT2D eigenvalue weighted by Gasteiger charge is 2.01. The molecule has 0 amide bonds. The Hall–Kier alpha value is -1.96. The highest BCUT2D eigenvalue weighted by molar-refractivity contribution is 6.06. The van der Waals surface area contributed by atoms with E-state index in [1.165, 1.54) is 16.2 Å². The second-order valence-electron chi connectivity index (χ2n) is 3.48. The van der Waals surface area contributed by atoms with Crippen LogP contribution in [-0.4, -0.2) is 4.98 Å². The number of nitrogen functional groups attached to an aromatic ring is 1. The van der Waals surface area contributed by atoms with Crippen LogP contribution in [0.5, 0.6) is 0 Å². The first-order valence-corrected chi connectivity index (χ1v) is 4.60. The minimum Gasteiger partial charge on any atom is -0.385 e. The summed E-state index contributed by atoms with van der Waals surface area (Å²) in [6.07, 6.45) is 0. The van der Waals surface area contributed by atoms with Crippen molar-refractivity contribution in [3.8, 4) is 0 Å². The molecule has 0 fully saturated rings. The molecule has 2 nitrogen and oxygen atoms in total. The minimum absolute atomic E-state index is 0.719. The molecule has 0 aliphatic carbocycles. The van der Waals surface area contributed by atoms with E-state index in [1.54, 1.807) is 0 Å². The molecule has 0 aliphatic rings. The maximum absolute atomic E-state index is 5.73. The van der Waals surface area contributed by atoms with E-state index >= 15 is 0 Å². The van der Waals surface area contributed by atoms with E-state index in [2.05, 4.69) is 29.2 Å². The fourth-order valence-electron chi connectivity index (χ4n) is 1.90. The lowest BCUT2D eigenvalue weighted by atomic mass is 10.1. The second kappa shape index (κ2) is 2.51. The summed E-state index contributed by atoms with van der Waals surface area (Å²) in [5, 5.41) is 3.63. The van der Waals surface area contributed by atoms with Gasteiger partial charge in [0.15, 0.2) is 0 Å². The zero-order valence-electron chi connectivity index (χ0n) is 7.62. The highest BCUT2D eigenvalue weighted by Crippen LogP contribution is 2.25. The van der Waals surface area contributed by atoms with Crippen molar-refractivity contribution < 1.29 is 0 Å². The van der Waals surface area contributed by atoms with Gasteiger partial charge in [0.2, 0.25) is 0 Å². The lowest BCUT2D eigenvalue weighted by molar-refractivity contribution is 1.49. The van der Waals surface area contributed by atoms with Crippen LogP contribution >= 0.6 is 0 Å². The van der Waals surface area contributed by atoms with Crippen LogP contribution in [0.2, 0.25) is 0 Å². The van der Waals surface area contributed by atoms with Crippen molar-refractivity contribution in [2.24, 2.45) is 0 Å². The number of hydrogen-bond acceptors (Lipinski definition) is 1. The molecule has 2 aromatic carbocycles. The molecule has 3 N–H and O–H groups in total. The fraction of sp³-hybridized carbons (Fsp3) is 0. The summed E-state index contributed by atoms with van der Waals surface area (Å²) in [4.78, 5) is 3.18. The molecule has 0 bridgehead atoms. The van der Waals surface area contributed by atoms with Crippen molar-refractivity contribution >= 4 is 27.5 Å². The SMILES string of the molecule is Nc1cc2ccc3ccccc3c2[nH]1. The molecule has 1 aromatic heterocycles. The van der Waals surface area contributed by atoms with Gasteiger partial charge in [-0.05, 0) is 11.5 Å². The van der Waals surface area contributed by atoms with Gasteiger partial charge in [0.25, 0.3) is 0 Å². The minimum atomic E-state index is 0.719. The number of anilines is 1. The molecule has 0 aliphatic heterocycles. The van der Waals surface area contributed by atoms with Crippen molar-refractivity contribution in [3.05, 3.63) is 42.5 Å². The first-order chi connectivity index (χ1) is 6.84. The maximum atomic E-state index is 5.73. The third kappa shape index (κ3) is 0.909. The van der Waals surface area contributed by atoms with Crippen LogP contribution in [0.4, 0.5) is 5.82 Å². The van der Waals surface area contributed by atoms with Crippen LogP contribution < -0.4 is 5.73 Å². The maximum Gasteiger partial charge on any atom is 0.101 e. The third-order valence-electron chi connectivity index (χ3n) is 2.54. The van der Waals surface area contributed by atoms with Crippen LogP contribution in [0, 0.1) is 0 Å². The zero-order chi connectivity index (χ0) is 9.54. The normalized spacial score (nSPS) is 11.1. The number of fused-ring (bicyclic) bond motifs is 3. The summed E-state index contributed by atoms with van der Waals surface area (Å²) in [5.74, 6) is 0.719. The Morgan fingerprint density at radius 2 is 1.71 bits per heavy atom. The summed E-state index contributed by atoms with van der Waals surface area (Å²) in [6, 6.07) is 14.5. The molecule has 0 unspecified atom stereocenters. The Morgan fingerprint density at radius 1 is 0.929 bits per heavy atom. The van der Waals surface area contributed by atoms with Gasteiger partial charge in [-0.15, -0.1) is 0 Å². The van der Waals surface area contributed by atoms with Gasteiger partial charge in [0.05, 0.1) is 5.52 Å². The number of benzene rings is 2. The monoisotopic (exact) mass is 182 g/mol. The van der Waals surface area contributed by atoms with Gasteiger partial charge >= 0.3 is 0 Å². The van der Waals surface area contributed by atoms with E-state index in [0.29, 0.717) is 0 Å². The first kappa shape index (κ1) is 7.44. The average Bonchev–Trinajstić information content (AvgIpc) is 2.59. The van der Waals surface area contributed by atoms with Crippen LogP contribution in [0.25, 0.3) is 21.7 Å². The number of hydrogen-bond donors (Lipinski definition) is 2. The Bertz CT molecular complexity index is 608. The summed E-state index contributed by atoms with van der Waals surface area (Å²) < 4.78 is 0. The Labute approximate surface area is 81.3 Å². The molecule has 2 heteroatoms. The van der Waals surface area contributed by atoms with E-state index in [-0.39, 0.29) is 0 Å². The van der Waals surface area contributed by atoms with Crippen molar-refractivity contribution in [2.45, 2.75) is 0 Å². The van der Waals surface area contributed by atoms with Gasteiger partial charge in [-0.1, -0.05) is 36.4 Å². The lowest BCUT2D eigenvalue weighted by Gasteiger charge is -1.97. The Kier molecular flexibility index (Phi) is 1.34. The first-order valence-electron chi connectivity index (χ1n) is 4.60. The molecule has 14 heavy (non-hydrogen) atoms. The molecule has 68 valence electrons. The molecule has 0 saturated heterocycles. The Balaban J connectivity index is 2.60. The number of aromatic amines is 1. The van der Waals surface area contributed by atoms with E-state index in [9.17, 15) is 0 Å². The third-order valence-corrected chi connectivity index (χ3v) is 2.54. The summed E-state index contributed by atoms with van der Waals surface area (Å²) in [6.45, 7) is 0. The standard InChI is InChI=1S/C12H10N2/c13-11-7-9-6-5-8-3-1-2-4-10(8)12(9)14-11/h1-7,14H,13H2. The fourth-order valence-corrected chi connectivity index (χ4v) is 1.90.